The number of alkyl halides is 2. The summed E-state index contributed by atoms with van der Waals surface area (Å²) in [6.45, 7) is 0. The van der Waals surface area contributed by atoms with Crippen LogP contribution in [0.15, 0.2) is 6.07 Å². The van der Waals surface area contributed by atoms with Crippen LogP contribution in [-0.4, -0.2) is 22.0 Å². The number of pyridine rings is 1. The summed E-state index contributed by atoms with van der Waals surface area (Å²) in [5.41, 5.74) is -0.547. The van der Waals surface area contributed by atoms with E-state index in [1.165, 1.54) is 6.07 Å². The molecule has 2 aliphatic carbocycles. The molecule has 0 aliphatic heterocycles. The highest BCUT2D eigenvalue weighted by atomic mass is 35.5. The van der Waals surface area contributed by atoms with Crippen molar-refractivity contribution >= 4 is 17.6 Å². The van der Waals surface area contributed by atoms with E-state index < -0.39 is 23.7 Å². The summed E-state index contributed by atoms with van der Waals surface area (Å²) in [5.74, 6) is -4.77. The van der Waals surface area contributed by atoms with Gasteiger partial charge in [-0.15, -0.1) is 0 Å². The van der Waals surface area contributed by atoms with Crippen molar-refractivity contribution < 1.29 is 18.7 Å². The molecule has 1 saturated carbocycles. The zero-order valence-electron chi connectivity index (χ0n) is 10.0. The molecule has 1 N–H and O–H groups in total. The second-order valence-corrected chi connectivity index (χ2v) is 5.59. The van der Waals surface area contributed by atoms with Crippen molar-refractivity contribution in [1.82, 2.24) is 4.98 Å². The maximum Gasteiger partial charge on any atom is 0.320 e. The van der Waals surface area contributed by atoms with Crippen LogP contribution in [0.3, 0.4) is 0 Å². The van der Waals surface area contributed by atoms with Gasteiger partial charge in [0.25, 0.3) is 5.92 Å². The zero-order chi connectivity index (χ0) is 13.8. The molecule has 0 radical (unpaired) electrons. The highest BCUT2D eigenvalue weighted by Gasteiger charge is 2.78. The quantitative estimate of drug-likeness (QED) is 0.851. The number of fused-ring (bicyclic) bond motifs is 1. The summed E-state index contributed by atoms with van der Waals surface area (Å²) in [7, 11) is 0. The minimum absolute atomic E-state index is 0.0349. The third-order valence-electron chi connectivity index (χ3n) is 4.07. The monoisotopic (exact) mass is 287 g/mol. The van der Waals surface area contributed by atoms with Gasteiger partial charge in [-0.3, -0.25) is 4.79 Å². The molecule has 19 heavy (non-hydrogen) atoms. The SMILES string of the molecule is O=C(O)C1(c2cc3c(nc2Cl)CCCC3)CC1(F)F. The van der Waals surface area contributed by atoms with E-state index in [2.05, 4.69) is 4.98 Å². The molecule has 102 valence electrons. The Kier molecular flexibility index (Phi) is 2.61. The van der Waals surface area contributed by atoms with Crippen molar-refractivity contribution in [2.45, 2.75) is 43.4 Å². The fourth-order valence-corrected chi connectivity index (χ4v) is 3.15. The minimum atomic E-state index is -3.24. The maximum absolute atomic E-state index is 13.5. The summed E-state index contributed by atoms with van der Waals surface area (Å²) in [6, 6.07) is 1.53. The van der Waals surface area contributed by atoms with Gasteiger partial charge in [-0.1, -0.05) is 11.6 Å². The maximum atomic E-state index is 13.5. The summed E-state index contributed by atoms with van der Waals surface area (Å²) in [6.07, 6.45) is 2.78. The van der Waals surface area contributed by atoms with Crippen molar-refractivity contribution in [3.63, 3.8) is 0 Å². The molecule has 0 bridgehead atoms. The van der Waals surface area contributed by atoms with Gasteiger partial charge in [-0.25, -0.2) is 13.8 Å². The smallest absolute Gasteiger partial charge is 0.320 e. The summed E-state index contributed by atoms with van der Waals surface area (Å²) >= 11 is 5.95. The van der Waals surface area contributed by atoms with Crippen LogP contribution in [0.25, 0.3) is 0 Å². The van der Waals surface area contributed by atoms with Crippen LogP contribution in [-0.2, 0) is 23.1 Å². The van der Waals surface area contributed by atoms with Crippen molar-refractivity contribution in [1.29, 1.82) is 0 Å². The number of aromatic nitrogens is 1. The number of carbonyl (C=O) groups is 1. The number of halogens is 3. The Morgan fingerprint density at radius 1 is 1.37 bits per heavy atom. The lowest BCUT2D eigenvalue weighted by atomic mass is 9.90. The normalized spacial score (nSPS) is 27.7. The molecule has 0 amide bonds. The van der Waals surface area contributed by atoms with Gasteiger partial charge in [0.15, 0.2) is 5.41 Å². The average molecular weight is 288 g/mol. The fourth-order valence-electron chi connectivity index (χ4n) is 2.84. The Bertz CT molecular complexity index is 576. The number of aryl methyl sites for hydroxylation is 2. The summed E-state index contributed by atoms with van der Waals surface area (Å²) in [5, 5.41) is 9.06. The molecular formula is C13H12ClF2NO2. The van der Waals surface area contributed by atoms with Gasteiger partial charge in [0, 0.05) is 17.7 Å². The number of hydrogen-bond donors (Lipinski definition) is 1. The molecule has 0 spiro atoms. The van der Waals surface area contributed by atoms with Gasteiger partial charge in [-0.05, 0) is 37.3 Å². The van der Waals surface area contributed by atoms with Gasteiger partial charge in [0.2, 0.25) is 0 Å². The van der Waals surface area contributed by atoms with Gasteiger partial charge >= 0.3 is 5.97 Å². The number of nitrogens with zero attached hydrogens (tertiary/aromatic N) is 1. The molecule has 0 saturated heterocycles. The highest BCUT2D eigenvalue weighted by Crippen LogP contribution is 2.63. The largest absolute Gasteiger partial charge is 0.480 e. The molecule has 0 aromatic carbocycles. The second kappa shape index (κ2) is 3.88. The molecule has 1 fully saturated rings. The predicted molar refractivity (Wildman–Crippen MR) is 64.8 cm³/mol. The second-order valence-electron chi connectivity index (χ2n) is 5.23. The van der Waals surface area contributed by atoms with Gasteiger partial charge < -0.3 is 5.11 Å². The molecule has 1 unspecified atom stereocenters. The van der Waals surface area contributed by atoms with E-state index in [1.807, 2.05) is 0 Å². The molecule has 1 aromatic heterocycles. The molecule has 3 nitrogen and oxygen atoms in total. The van der Waals surface area contributed by atoms with E-state index in [0.29, 0.717) is 0 Å². The van der Waals surface area contributed by atoms with E-state index >= 15 is 0 Å². The van der Waals surface area contributed by atoms with E-state index in [4.69, 9.17) is 16.7 Å². The van der Waals surface area contributed by atoms with Crippen LogP contribution < -0.4 is 0 Å². The van der Waals surface area contributed by atoms with Crippen LogP contribution in [0.4, 0.5) is 8.78 Å². The third kappa shape index (κ3) is 1.67. The van der Waals surface area contributed by atoms with Crippen LogP contribution in [0.5, 0.6) is 0 Å². The minimum Gasteiger partial charge on any atom is -0.480 e. The first-order valence-electron chi connectivity index (χ1n) is 6.18. The lowest BCUT2D eigenvalue weighted by Crippen LogP contribution is -2.28. The summed E-state index contributed by atoms with van der Waals surface area (Å²) < 4.78 is 27.1. The Morgan fingerprint density at radius 2 is 2.00 bits per heavy atom. The number of carboxylic acid groups (broad SMARTS) is 1. The third-order valence-corrected chi connectivity index (χ3v) is 4.35. The zero-order valence-corrected chi connectivity index (χ0v) is 10.8. The average Bonchev–Trinajstić information content (AvgIpc) is 2.93. The Labute approximate surface area is 113 Å². The first-order chi connectivity index (χ1) is 8.88. The lowest BCUT2D eigenvalue weighted by Gasteiger charge is -2.19. The number of rotatable bonds is 2. The Balaban J connectivity index is 2.13. The topological polar surface area (TPSA) is 50.2 Å². The summed E-state index contributed by atoms with van der Waals surface area (Å²) in [4.78, 5) is 15.4. The van der Waals surface area contributed by atoms with Crippen LogP contribution in [0.2, 0.25) is 5.15 Å². The number of aliphatic carboxylic acids is 1. The first-order valence-corrected chi connectivity index (χ1v) is 6.56. The van der Waals surface area contributed by atoms with Crippen LogP contribution in [0, 0.1) is 0 Å². The molecule has 1 heterocycles. The van der Waals surface area contributed by atoms with E-state index in [9.17, 15) is 13.6 Å². The number of hydrogen-bond acceptors (Lipinski definition) is 2. The highest BCUT2D eigenvalue weighted by molar-refractivity contribution is 6.30. The molecular weight excluding hydrogens is 276 g/mol. The van der Waals surface area contributed by atoms with Crippen molar-refractivity contribution in [3.05, 3.63) is 28.0 Å². The van der Waals surface area contributed by atoms with E-state index in [1.54, 1.807) is 0 Å². The van der Waals surface area contributed by atoms with Gasteiger partial charge in [0.1, 0.15) is 5.15 Å². The van der Waals surface area contributed by atoms with Crippen molar-refractivity contribution in [2.24, 2.45) is 0 Å². The Morgan fingerprint density at radius 3 is 2.58 bits per heavy atom. The molecule has 6 heteroatoms. The van der Waals surface area contributed by atoms with Crippen LogP contribution in [0.1, 0.15) is 36.1 Å². The predicted octanol–water partition coefficient (Wildman–Crippen LogP) is 2.98. The first kappa shape index (κ1) is 12.8. The molecule has 1 aromatic rings. The Hall–Kier alpha value is -1.23. The van der Waals surface area contributed by atoms with Gasteiger partial charge in [-0.2, -0.15) is 0 Å². The van der Waals surface area contributed by atoms with Crippen molar-refractivity contribution in [2.75, 3.05) is 0 Å². The molecule has 1 atom stereocenters. The van der Waals surface area contributed by atoms with E-state index in [-0.39, 0.29) is 10.7 Å². The van der Waals surface area contributed by atoms with Gasteiger partial charge in [0.05, 0.1) is 0 Å². The van der Waals surface area contributed by atoms with Crippen molar-refractivity contribution in [3.8, 4) is 0 Å². The fraction of sp³-hybridized carbons (Fsp3) is 0.538. The molecule has 2 aliphatic rings. The lowest BCUT2D eigenvalue weighted by molar-refractivity contribution is -0.143. The standard InChI is InChI=1S/C13H12ClF2NO2/c14-10-8(12(11(18)19)6-13(12,15)16)5-7-3-1-2-4-9(7)17-10/h5H,1-4,6H2,(H,18,19). The number of carboxylic acids is 1. The molecule has 3 rings (SSSR count). The van der Waals surface area contributed by atoms with Crippen LogP contribution >= 0.6 is 11.6 Å². The van der Waals surface area contributed by atoms with E-state index in [0.717, 1.165) is 36.9 Å².